The third kappa shape index (κ3) is 4.26. The second-order valence-electron chi connectivity index (χ2n) is 5.45. The predicted molar refractivity (Wildman–Crippen MR) is 79.7 cm³/mol. The first-order chi connectivity index (χ1) is 8.88. The van der Waals surface area contributed by atoms with E-state index in [9.17, 15) is 4.39 Å². The summed E-state index contributed by atoms with van der Waals surface area (Å²) in [5.74, 6) is 0.00945. The van der Waals surface area contributed by atoms with Crippen molar-refractivity contribution < 1.29 is 4.39 Å². The van der Waals surface area contributed by atoms with E-state index in [2.05, 4.69) is 25.9 Å². The molecule has 1 rings (SSSR count). The van der Waals surface area contributed by atoms with Crippen molar-refractivity contribution in [1.29, 1.82) is 0 Å². The first-order valence-corrected chi connectivity index (χ1v) is 7.37. The van der Waals surface area contributed by atoms with Crippen LogP contribution in [0.5, 0.6) is 0 Å². The quantitative estimate of drug-likeness (QED) is 0.833. The zero-order valence-corrected chi connectivity index (χ0v) is 13.7. The molecular formula is C13H24BrFN4. The van der Waals surface area contributed by atoms with Crippen LogP contribution in [0.3, 0.4) is 0 Å². The standard InChI is InChI=1S/C13H24BrFN4/c1-9(2)10(7-16)12(15)13-11(14)8-17-19(13)6-5-18(3)4/h8-10,12H,5-7,16H2,1-4H3. The SMILES string of the molecule is CC(C)C(CN)C(F)c1c(Br)cnn1CCN(C)C. The summed E-state index contributed by atoms with van der Waals surface area (Å²) in [4.78, 5) is 2.05. The highest BCUT2D eigenvalue weighted by atomic mass is 79.9. The van der Waals surface area contributed by atoms with Crippen LogP contribution in [0.1, 0.15) is 25.7 Å². The van der Waals surface area contributed by atoms with Crippen molar-refractivity contribution in [2.24, 2.45) is 17.6 Å². The second-order valence-corrected chi connectivity index (χ2v) is 6.30. The Hall–Kier alpha value is -0.460. The zero-order chi connectivity index (χ0) is 14.6. The lowest BCUT2D eigenvalue weighted by atomic mass is 9.89. The van der Waals surface area contributed by atoms with Crippen molar-refractivity contribution in [1.82, 2.24) is 14.7 Å². The van der Waals surface area contributed by atoms with Gasteiger partial charge >= 0.3 is 0 Å². The van der Waals surface area contributed by atoms with Gasteiger partial charge in [0.05, 0.1) is 22.9 Å². The molecule has 2 N–H and O–H groups in total. The molecule has 0 fully saturated rings. The summed E-state index contributed by atoms with van der Waals surface area (Å²) in [7, 11) is 3.98. The van der Waals surface area contributed by atoms with Crippen LogP contribution in [0, 0.1) is 11.8 Å². The van der Waals surface area contributed by atoms with Gasteiger partial charge in [-0.25, -0.2) is 4.39 Å². The van der Waals surface area contributed by atoms with Crippen LogP contribution < -0.4 is 5.73 Å². The molecule has 0 saturated heterocycles. The lowest BCUT2D eigenvalue weighted by Gasteiger charge is -2.24. The van der Waals surface area contributed by atoms with Crippen molar-refractivity contribution in [3.8, 4) is 0 Å². The summed E-state index contributed by atoms with van der Waals surface area (Å²) in [6.07, 6.45) is 0.565. The Morgan fingerprint density at radius 1 is 1.47 bits per heavy atom. The fourth-order valence-corrected chi connectivity index (χ4v) is 2.57. The highest BCUT2D eigenvalue weighted by Crippen LogP contribution is 2.35. The third-order valence-corrected chi connectivity index (χ3v) is 3.97. The van der Waals surface area contributed by atoms with Crippen molar-refractivity contribution >= 4 is 15.9 Å². The first-order valence-electron chi connectivity index (χ1n) is 6.58. The van der Waals surface area contributed by atoms with Gasteiger partial charge in [-0.05, 0) is 42.5 Å². The van der Waals surface area contributed by atoms with E-state index in [-0.39, 0.29) is 11.8 Å². The van der Waals surface area contributed by atoms with Gasteiger partial charge in [-0.3, -0.25) is 4.68 Å². The maximum Gasteiger partial charge on any atom is 0.147 e. The summed E-state index contributed by atoms with van der Waals surface area (Å²) in [6.45, 7) is 5.83. The smallest absolute Gasteiger partial charge is 0.147 e. The van der Waals surface area contributed by atoms with Gasteiger partial charge in [0.2, 0.25) is 0 Å². The molecule has 2 atom stereocenters. The number of aromatic nitrogens is 2. The molecule has 1 aromatic heterocycles. The number of nitrogens with two attached hydrogens (primary N) is 1. The second kappa shape index (κ2) is 7.36. The van der Waals surface area contributed by atoms with Crippen molar-refractivity contribution in [2.45, 2.75) is 26.6 Å². The summed E-state index contributed by atoms with van der Waals surface area (Å²) in [5, 5.41) is 4.25. The van der Waals surface area contributed by atoms with E-state index in [0.29, 0.717) is 18.8 Å². The Kier molecular flexibility index (Phi) is 6.42. The molecule has 1 heterocycles. The van der Waals surface area contributed by atoms with Crippen LogP contribution in [0.2, 0.25) is 0 Å². The highest BCUT2D eigenvalue weighted by Gasteiger charge is 2.29. The molecule has 0 aromatic carbocycles. The molecule has 0 saturated carbocycles. The largest absolute Gasteiger partial charge is 0.330 e. The number of likely N-dealkylation sites (N-methyl/N-ethyl adjacent to an activating group) is 1. The molecule has 0 aliphatic carbocycles. The Balaban J connectivity index is 2.94. The maximum absolute atomic E-state index is 14.7. The molecule has 6 heteroatoms. The van der Waals surface area contributed by atoms with Crippen LogP contribution in [0.4, 0.5) is 4.39 Å². The van der Waals surface area contributed by atoms with Gasteiger partial charge < -0.3 is 10.6 Å². The molecule has 0 amide bonds. The van der Waals surface area contributed by atoms with Crippen LogP contribution in [0.15, 0.2) is 10.7 Å². The van der Waals surface area contributed by atoms with E-state index in [1.165, 1.54) is 0 Å². The van der Waals surface area contributed by atoms with Crippen molar-refractivity contribution in [3.63, 3.8) is 0 Å². The van der Waals surface area contributed by atoms with E-state index >= 15 is 0 Å². The number of rotatable bonds is 7. The Bertz CT molecular complexity index is 392. The zero-order valence-electron chi connectivity index (χ0n) is 12.1. The van der Waals surface area contributed by atoms with Crippen LogP contribution >= 0.6 is 15.9 Å². The van der Waals surface area contributed by atoms with E-state index in [1.54, 1.807) is 10.9 Å². The average molecular weight is 335 g/mol. The molecule has 0 aliphatic rings. The van der Waals surface area contributed by atoms with Crippen LogP contribution in [-0.4, -0.2) is 41.9 Å². The van der Waals surface area contributed by atoms with E-state index in [4.69, 9.17) is 5.73 Å². The number of nitrogens with zero attached hydrogens (tertiary/aromatic N) is 3. The van der Waals surface area contributed by atoms with Crippen molar-refractivity contribution in [3.05, 3.63) is 16.4 Å². The van der Waals surface area contributed by atoms with Gasteiger partial charge in [-0.2, -0.15) is 5.10 Å². The Morgan fingerprint density at radius 3 is 2.58 bits per heavy atom. The van der Waals surface area contributed by atoms with E-state index in [1.807, 2.05) is 27.9 Å². The minimum absolute atomic E-state index is 0.189. The monoisotopic (exact) mass is 334 g/mol. The summed E-state index contributed by atoms with van der Waals surface area (Å²) in [6, 6.07) is 0. The Morgan fingerprint density at radius 2 is 2.11 bits per heavy atom. The molecular weight excluding hydrogens is 311 g/mol. The lowest BCUT2D eigenvalue weighted by Crippen LogP contribution is -2.27. The fourth-order valence-electron chi connectivity index (χ4n) is 2.05. The Labute approximate surface area is 123 Å². The molecule has 2 unspecified atom stereocenters. The van der Waals surface area contributed by atoms with E-state index in [0.717, 1.165) is 11.0 Å². The number of halogens is 2. The molecule has 1 aromatic rings. The predicted octanol–water partition coefficient (Wildman–Crippen LogP) is 2.45. The van der Waals surface area contributed by atoms with Crippen LogP contribution in [-0.2, 0) is 6.54 Å². The van der Waals surface area contributed by atoms with Gasteiger partial charge in [0.1, 0.15) is 6.17 Å². The molecule has 4 nitrogen and oxygen atoms in total. The average Bonchev–Trinajstić information content (AvgIpc) is 2.68. The first kappa shape index (κ1) is 16.6. The lowest BCUT2D eigenvalue weighted by molar-refractivity contribution is 0.175. The molecule has 0 bridgehead atoms. The van der Waals surface area contributed by atoms with Gasteiger partial charge in [0.25, 0.3) is 0 Å². The topological polar surface area (TPSA) is 47.1 Å². The minimum atomic E-state index is -1.09. The molecule has 110 valence electrons. The maximum atomic E-state index is 14.7. The fraction of sp³-hybridized carbons (Fsp3) is 0.769. The number of alkyl halides is 1. The molecule has 0 spiro atoms. The van der Waals surface area contributed by atoms with Crippen LogP contribution in [0.25, 0.3) is 0 Å². The summed E-state index contributed by atoms with van der Waals surface area (Å²) in [5.41, 5.74) is 6.31. The van der Waals surface area contributed by atoms with Gasteiger partial charge in [0, 0.05) is 12.5 Å². The number of hydrogen-bond donors (Lipinski definition) is 1. The molecule has 0 aliphatic heterocycles. The molecule has 19 heavy (non-hydrogen) atoms. The normalized spacial score (nSPS) is 15.2. The summed E-state index contributed by atoms with van der Waals surface area (Å²) < 4.78 is 17.2. The summed E-state index contributed by atoms with van der Waals surface area (Å²) >= 11 is 3.39. The van der Waals surface area contributed by atoms with Crippen molar-refractivity contribution in [2.75, 3.05) is 27.2 Å². The number of hydrogen-bond acceptors (Lipinski definition) is 3. The van der Waals surface area contributed by atoms with E-state index < -0.39 is 6.17 Å². The van der Waals surface area contributed by atoms with Gasteiger partial charge in [-0.1, -0.05) is 13.8 Å². The van der Waals surface area contributed by atoms with Gasteiger partial charge in [-0.15, -0.1) is 0 Å². The van der Waals surface area contributed by atoms with Gasteiger partial charge in [0.15, 0.2) is 0 Å². The molecule has 0 radical (unpaired) electrons. The highest BCUT2D eigenvalue weighted by molar-refractivity contribution is 9.10. The third-order valence-electron chi connectivity index (χ3n) is 3.36. The minimum Gasteiger partial charge on any atom is -0.330 e.